The van der Waals surface area contributed by atoms with Gasteiger partial charge in [0.1, 0.15) is 0 Å². The zero-order valence-electron chi connectivity index (χ0n) is 16.0. The maximum Gasteiger partial charge on any atom is 0.313 e. The predicted molar refractivity (Wildman–Crippen MR) is 110 cm³/mol. The van der Waals surface area contributed by atoms with Gasteiger partial charge < -0.3 is 10.6 Å². The van der Waals surface area contributed by atoms with Crippen molar-refractivity contribution in [3.8, 4) is 0 Å². The summed E-state index contributed by atoms with van der Waals surface area (Å²) < 4.78 is 0. The quantitative estimate of drug-likeness (QED) is 0.756. The molecule has 1 fully saturated rings. The number of nitrogens with one attached hydrogen (secondary N) is 2. The van der Waals surface area contributed by atoms with Crippen LogP contribution in [0.5, 0.6) is 0 Å². The molecule has 0 spiro atoms. The fourth-order valence-electron chi connectivity index (χ4n) is 3.31. The fourth-order valence-corrected chi connectivity index (χ4v) is 3.48. The largest absolute Gasteiger partial charge is 0.348 e. The molecule has 0 unspecified atom stereocenters. The number of carbonyl (C=O) groups excluding carboxylic acids is 2. The normalized spacial score (nSPS) is 15.2. The van der Waals surface area contributed by atoms with Gasteiger partial charge >= 0.3 is 11.8 Å². The highest BCUT2D eigenvalue weighted by Gasteiger charge is 2.22. The van der Waals surface area contributed by atoms with E-state index in [-0.39, 0.29) is 0 Å². The Morgan fingerprint density at radius 3 is 2.64 bits per heavy atom. The number of anilines is 1. The van der Waals surface area contributed by atoms with Gasteiger partial charge in [-0.15, -0.1) is 0 Å². The highest BCUT2D eigenvalue weighted by molar-refractivity contribution is 6.40. The molecular formula is C21H25ClN4O2. The fraction of sp³-hybridized carbons (Fsp3) is 0.381. The van der Waals surface area contributed by atoms with Crippen molar-refractivity contribution in [2.24, 2.45) is 5.92 Å². The first-order valence-electron chi connectivity index (χ1n) is 9.49. The van der Waals surface area contributed by atoms with Crippen molar-refractivity contribution in [2.45, 2.75) is 26.3 Å². The van der Waals surface area contributed by atoms with Gasteiger partial charge in [0.05, 0.1) is 5.69 Å². The van der Waals surface area contributed by atoms with Crippen molar-refractivity contribution in [3.63, 3.8) is 0 Å². The zero-order chi connectivity index (χ0) is 19.9. The number of benzene rings is 1. The molecule has 2 amide bonds. The van der Waals surface area contributed by atoms with Crippen molar-refractivity contribution < 1.29 is 9.59 Å². The Kier molecular flexibility index (Phi) is 7.01. The Bertz CT molecular complexity index is 820. The summed E-state index contributed by atoms with van der Waals surface area (Å²) in [7, 11) is 0. The maximum absolute atomic E-state index is 12.1. The molecule has 1 aliphatic rings. The van der Waals surface area contributed by atoms with Gasteiger partial charge in [0.2, 0.25) is 0 Å². The molecule has 1 aliphatic heterocycles. The van der Waals surface area contributed by atoms with Gasteiger partial charge in [0.15, 0.2) is 0 Å². The highest BCUT2D eigenvalue weighted by Crippen LogP contribution is 2.23. The number of carbonyl (C=O) groups is 2. The molecule has 2 heterocycles. The lowest BCUT2D eigenvalue weighted by Gasteiger charge is -2.31. The number of halogens is 1. The van der Waals surface area contributed by atoms with E-state index in [1.165, 1.54) is 0 Å². The summed E-state index contributed by atoms with van der Waals surface area (Å²) in [6.45, 7) is 5.09. The van der Waals surface area contributed by atoms with Crippen LogP contribution in [0.3, 0.4) is 0 Å². The van der Waals surface area contributed by atoms with E-state index in [9.17, 15) is 9.59 Å². The van der Waals surface area contributed by atoms with Crippen LogP contribution in [0, 0.1) is 12.8 Å². The number of piperidine rings is 1. The summed E-state index contributed by atoms with van der Waals surface area (Å²) in [5, 5.41) is 5.93. The molecule has 0 atom stereocenters. The van der Waals surface area contributed by atoms with E-state index in [0.717, 1.165) is 43.7 Å². The third-order valence-corrected chi connectivity index (χ3v) is 5.50. The van der Waals surface area contributed by atoms with Gasteiger partial charge in [-0.2, -0.15) is 0 Å². The Hall–Kier alpha value is -2.44. The summed E-state index contributed by atoms with van der Waals surface area (Å²) in [4.78, 5) is 31.0. The lowest BCUT2D eigenvalue weighted by Crippen LogP contribution is -2.41. The van der Waals surface area contributed by atoms with Crippen LogP contribution in [-0.4, -0.2) is 41.3 Å². The third kappa shape index (κ3) is 5.53. The summed E-state index contributed by atoms with van der Waals surface area (Å²) in [5.41, 5.74) is 2.36. The van der Waals surface area contributed by atoms with Crippen molar-refractivity contribution in [1.82, 2.24) is 15.2 Å². The second-order valence-electron chi connectivity index (χ2n) is 7.12. The maximum atomic E-state index is 12.1. The predicted octanol–water partition coefficient (Wildman–Crippen LogP) is 3.01. The van der Waals surface area contributed by atoms with E-state index in [4.69, 9.17) is 11.6 Å². The molecule has 1 aromatic carbocycles. The molecule has 0 radical (unpaired) electrons. The monoisotopic (exact) mass is 400 g/mol. The lowest BCUT2D eigenvalue weighted by atomic mass is 9.96. The second kappa shape index (κ2) is 9.66. The molecule has 0 saturated carbocycles. The summed E-state index contributed by atoms with van der Waals surface area (Å²) >= 11 is 6.04. The van der Waals surface area contributed by atoms with Crippen LogP contribution in [0.2, 0.25) is 5.02 Å². The van der Waals surface area contributed by atoms with Gasteiger partial charge in [0.25, 0.3) is 0 Å². The van der Waals surface area contributed by atoms with E-state index >= 15 is 0 Å². The standard InChI is InChI=1S/C21H25ClN4O2/c1-15-18(22)6-4-7-19(15)25-21(28)20(27)24-13-16-8-11-26(12-9-16)14-17-5-2-3-10-23-17/h2-7,10,16H,8-9,11-14H2,1H3,(H,24,27)(H,25,28). The van der Waals surface area contributed by atoms with E-state index in [1.807, 2.05) is 24.4 Å². The van der Waals surface area contributed by atoms with Crippen LogP contribution in [0.4, 0.5) is 5.69 Å². The van der Waals surface area contributed by atoms with Gasteiger partial charge in [0, 0.05) is 30.0 Å². The van der Waals surface area contributed by atoms with Gasteiger partial charge in [-0.25, -0.2) is 0 Å². The van der Waals surface area contributed by atoms with Crippen LogP contribution in [0.25, 0.3) is 0 Å². The molecule has 0 aliphatic carbocycles. The average Bonchev–Trinajstić information content (AvgIpc) is 2.71. The molecule has 3 rings (SSSR count). The Morgan fingerprint density at radius 2 is 1.93 bits per heavy atom. The highest BCUT2D eigenvalue weighted by atomic mass is 35.5. The number of hydrogen-bond donors (Lipinski definition) is 2. The molecular weight excluding hydrogens is 376 g/mol. The number of nitrogens with zero attached hydrogens (tertiary/aromatic N) is 2. The SMILES string of the molecule is Cc1c(Cl)cccc1NC(=O)C(=O)NCC1CCN(Cc2ccccn2)CC1. The van der Waals surface area contributed by atoms with Gasteiger partial charge in [-0.05, 0) is 68.6 Å². The number of amides is 2. The topological polar surface area (TPSA) is 74.3 Å². The second-order valence-corrected chi connectivity index (χ2v) is 7.52. The molecule has 1 aromatic heterocycles. The van der Waals surface area contributed by atoms with Gasteiger partial charge in [-0.3, -0.25) is 19.5 Å². The number of hydrogen-bond acceptors (Lipinski definition) is 4. The number of aromatic nitrogens is 1. The molecule has 0 bridgehead atoms. The minimum absolute atomic E-state index is 0.379. The lowest BCUT2D eigenvalue weighted by molar-refractivity contribution is -0.136. The molecule has 7 heteroatoms. The molecule has 1 saturated heterocycles. The smallest absolute Gasteiger partial charge is 0.313 e. The summed E-state index contributed by atoms with van der Waals surface area (Å²) in [6, 6.07) is 11.2. The Balaban J connectivity index is 1.40. The van der Waals surface area contributed by atoms with Crippen LogP contribution in [-0.2, 0) is 16.1 Å². The first-order chi connectivity index (χ1) is 13.5. The molecule has 28 heavy (non-hydrogen) atoms. The van der Waals surface area contributed by atoms with Crippen molar-refractivity contribution >= 4 is 29.1 Å². The number of likely N-dealkylation sites (tertiary alicyclic amines) is 1. The van der Waals surface area contributed by atoms with Crippen molar-refractivity contribution in [1.29, 1.82) is 0 Å². The first-order valence-corrected chi connectivity index (χ1v) is 9.87. The van der Waals surface area contributed by atoms with Crippen LogP contribution in [0.15, 0.2) is 42.6 Å². The zero-order valence-corrected chi connectivity index (χ0v) is 16.7. The molecule has 6 nitrogen and oxygen atoms in total. The molecule has 2 N–H and O–H groups in total. The number of pyridine rings is 1. The number of rotatable bonds is 5. The van der Waals surface area contributed by atoms with Crippen LogP contribution < -0.4 is 10.6 Å². The Labute approximate surface area is 170 Å². The average molecular weight is 401 g/mol. The third-order valence-electron chi connectivity index (χ3n) is 5.09. The molecule has 2 aromatic rings. The van der Waals surface area contributed by atoms with E-state index < -0.39 is 11.8 Å². The van der Waals surface area contributed by atoms with E-state index in [0.29, 0.717) is 23.2 Å². The molecule has 148 valence electrons. The first kappa shape index (κ1) is 20.3. The van der Waals surface area contributed by atoms with E-state index in [1.54, 1.807) is 25.1 Å². The van der Waals surface area contributed by atoms with Crippen molar-refractivity contribution in [3.05, 3.63) is 58.9 Å². The minimum Gasteiger partial charge on any atom is -0.348 e. The Morgan fingerprint density at radius 1 is 1.14 bits per heavy atom. The summed E-state index contributed by atoms with van der Waals surface area (Å²) in [6.07, 6.45) is 3.79. The summed E-state index contributed by atoms with van der Waals surface area (Å²) in [5.74, 6) is -0.905. The van der Waals surface area contributed by atoms with Crippen molar-refractivity contribution in [2.75, 3.05) is 25.0 Å². The van der Waals surface area contributed by atoms with E-state index in [2.05, 4.69) is 20.5 Å². The van der Waals surface area contributed by atoms with Gasteiger partial charge in [-0.1, -0.05) is 23.7 Å². The van der Waals surface area contributed by atoms with Crippen LogP contribution >= 0.6 is 11.6 Å². The minimum atomic E-state index is -0.669. The van der Waals surface area contributed by atoms with Crippen LogP contribution in [0.1, 0.15) is 24.1 Å².